The van der Waals surface area contributed by atoms with Crippen molar-refractivity contribution in [2.45, 2.75) is 22.3 Å². The molecule has 3 nitrogen and oxygen atoms in total. The van der Waals surface area contributed by atoms with E-state index >= 15 is 0 Å². The van der Waals surface area contributed by atoms with Gasteiger partial charge in [0.05, 0.1) is 4.90 Å². The Labute approximate surface area is 115 Å². The van der Waals surface area contributed by atoms with Gasteiger partial charge in [-0.2, -0.15) is 0 Å². The van der Waals surface area contributed by atoms with E-state index in [2.05, 4.69) is 23.5 Å². The van der Waals surface area contributed by atoms with Gasteiger partial charge >= 0.3 is 0 Å². The molecule has 0 aromatic heterocycles. The molecule has 0 aliphatic carbocycles. The standard InChI is InChI=1S/C15H13NO2S/c17-11-5-4-9-10-7-16-6-8-2-1-3-12(13(8)10)19-15(9)14(11)18/h1-5,10,16-18H,6-7H2. The number of hydrogen-bond acceptors (Lipinski definition) is 4. The molecular weight excluding hydrogens is 258 g/mol. The molecule has 1 unspecified atom stereocenters. The van der Waals surface area contributed by atoms with E-state index in [9.17, 15) is 10.2 Å². The minimum absolute atomic E-state index is 0.00382. The molecule has 19 heavy (non-hydrogen) atoms. The summed E-state index contributed by atoms with van der Waals surface area (Å²) in [6.45, 7) is 1.78. The number of rotatable bonds is 0. The Kier molecular flexibility index (Phi) is 2.31. The molecule has 0 amide bonds. The lowest BCUT2D eigenvalue weighted by molar-refractivity contribution is 0.392. The largest absolute Gasteiger partial charge is 0.504 e. The van der Waals surface area contributed by atoms with Crippen molar-refractivity contribution in [1.82, 2.24) is 5.32 Å². The molecule has 2 aliphatic rings. The first kappa shape index (κ1) is 11.2. The smallest absolute Gasteiger partial charge is 0.171 e. The summed E-state index contributed by atoms with van der Waals surface area (Å²) in [5, 5.41) is 23.2. The van der Waals surface area contributed by atoms with E-state index in [1.165, 1.54) is 16.0 Å². The molecule has 2 aliphatic heterocycles. The summed E-state index contributed by atoms with van der Waals surface area (Å²) in [7, 11) is 0. The lowest BCUT2D eigenvalue weighted by Crippen LogP contribution is -2.30. The van der Waals surface area contributed by atoms with Crippen LogP contribution >= 0.6 is 11.8 Å². The summed E-state index contributed by atoms with van der Waals surface area (Å²) < 4.78 is 0. The zero-order valence-electron chi connectivity index (χ0n) is 10.2. The minimum Gasteiger partial charge on any atom is -0.504 e. The van der Waals surface area contributed by atoms with Crippen molar-refractivity contribution in [3.8, 4) is 11.5 Å². The third kappa shape index (κ3) is 1.50. The average Bonchev–Trinajstić information content (AvgIpc) is 2.44. The Morgan fingerprint density at radius 2 is 2.05 bits per heavy atom. The van der Waals surface area contributed by atoms with Crippen LogP contribution in [0.2, 0.25) is 0 Å². The second-order valence-corrected chi connectivity index (χ2v) is 6.02. The van der Waals surface area contributed by atoms with Gasteiger partial charge in [-0.3, -0.25) is 0 Å². The molecule has 3 N–H and O–H groups in total. The molecule has 0 saturated heterocycles. The van der Waals surface area contributed by atoms with Crippen molar-refractivity contribution in [3.05, 3.63) is 47.0 Å². The topological polar surface area (TPSA) is 52.5 Å². The molecule has 2 aromatic rings. The molecule has 4 rings (SSSR count). The summed E-state index contributed by atoms with van der Waals surface area (Å²) >= 11 is 1.55. The Morgan fingerprint density at radius 1 is 1.16 bits per heavy atom. The van der Waals surface area contributed by atoms with Crippen LogP contribution < -0.4 is 5.32 Å². The lowest BCUT2D eigenvalue weighted by atomic mass is 9.85. The first-order valence-corrected chi connectivity index (χ1v) is 7.12. The molecule has 4 heteroatoms. The van der Waals surface area contributed by atoms with E-state index < -0.39 is 0 Å². The van der Waals surface area contributed by atoms with Gasteiger partial charge in [0.2, 0.25) is 0 Å². The van der Waals surface area contributed by atoms with Crippen LogP contribution in [0.5, 0.6) is 11.5 Å². The Morgan fingerprint density at radius 3 is 2.95 bits per heavy atom. The highest BCUT2D eigenvalue weighted by molar-refractivity contribution is 7.99. The van der Waals surface area contributed by atoms with Crippen LogP contribution in [0.4, 0.5) is 0 Å². The molecule has 0 bridgehead atoms. The minimum atomic E-state index is -0.0466. The molecule has 2 aromatic carbocycles. The van der Waals surface area contributed by atoms with E-state index in [0.717, 1.165) is 23.5 Å². The van der Waals surface area contributed by atoms with Gasteiger partial charge in [-0.15, -0.1) is 0 Å². The van der Waals surface area contributed by atoms with Crippen LogP contribution in [0.1, 0.15) is 22.6 Å². The zero-order valence-corrected chi connectivity index (χ0v) is 11.0. The van der Waals surface area contributed by atoms with Crippen LogP contribution in [-0.2, 0) is 6.54 Å². The summed E-state index contributed by atoms with van der Waals surface area (Å²) in [5.74, 6) is 0.224. The Hall–Kier alpha value is -1.65. The van der Waals surface area contributed by atoms with Crippen LogP contribution in [0.25, 0.3) is 0 Å². The van der Waals surface area contributed by atoms with Crippen molar-refractivity contribution in [2.75, 3.05) is 6.54 Å². The van der Waals surface area contributed by atoms with Gasteiger partial charge in [0.25, 0.3) is 0 Å². The number of aromatic hydroxyl groups is 2. The van der Waals surface area contributed by atoms with Gasteiger partial charge < -0.3 is 15.5 Å². The van der Waals surface area contributed by atoms with Crippen LogP contribution in [0, 0.1) is 0 Å². The van der Waals surface area contributed by atoms with Crippen LogP contribution in [0.3, 0.4) is 0 Å². The fourth-order valence-corrected chi connectivity index (χ4v) is 4.29. The summed E-state index contributed by atoms with van der Waals surface area (Å²) in [6, 6.07) is 9.81. The fraction of sp³-hybridized carbons (Fsp3) is 0.200. The Bertz CT molecular complexity index is 684. The molecule has 0 spiro atoms. The van der Waals surface area contributed by atoms with Gasteiger partial charge in [-0.25, -0.2) is 0 Å². The average molecular weight is 271 g/mol. The first-order valence-electron chi connectivity index (χ1n) is 6.31. The lowest BCUT2D eigenvalue weighted by Gasteiger charge is -2.34. The number of phenolic OH excluding ortho intramolecular Hbond substituents is 2. The van der Waals surface area contributed by atoms with Gasteiger partial charge in [0.15, 0.2) is 11.5 Å². The highest BCUT2D eigenvalue weighted by Gasteiger charge is 2.32. The third-order valence-corrected chi connectivity index (χ3v) is 5.11. The van der Waals surface area contributed by atoms with Crippen molar-refractivity contribution >= 4 is 11.8 Å². The highest BCUT2D eigenvalue weighted by Crippen LogP contribution is 2.52. The van der Waals surface area contributed by atoms with Crippen LogP contribution in [-0.4, -0.2) is 16.8 Å². The van der Waals surface area contributed by atoms with Crippen molar-refractivity contribution in [1.29, 1.82) is 0 Å². The Balaban J connectivity index is 1.99. The predicted molar refractivity (Wildman–Crippen MR) is 73.9 cm³/mol. The van der Waals surface area contributed by atoms with Gasteiger partial charge in [0.1, 0.15) is 0 Å². The summed E-state index contributed by atoms with van der Waals surface area (Å²) in [5.41, 5.74) is 3.82. The van der Waals surface area contributed by atoms with E-state index in [1.807, 2.05) is 6.07 Å². The summed E-state index contributed by atoms with van der Waals surface area (Å²) in [6.07, 6.45) is 0. The highest BCUT2D eigenvalue weighted by atomic mass is 32.2. The van der Waals surface area contributed by atoms with E-state index in [1.54, 1.807) is 17.8 Å². The number of nitrogens with one attached hydrogen (secondary N) is 1. The number of phenols is 2. The molecule has 1 atom stereocenters. The molecule has 0 fully saturated rings. The van der Waals surface area contributed by atoms with Crippen molar-refractivity contribution in [2.24, 2.45) is 0 Å². The van der Waals surface area contributed by atoms with E-state index in [0.29, 0.717) is 0 Å². The molecular formula is C15H13NO2S. The predicted octanol–water partition coefficient (Wildman–Crippen LogP) is 2.80. The van der Waals surface area contributed by atoms with Crippen molar-refractivity contribution in [3.63, 3.8) is 0 Å². The SMILES string of the molecule is Oc1ccc2c(c1O)Sc1cccc3c1C2CNC3. The third-order valence-electron chi connectivity index (χ3n) is 3.90. The van der Waals surface area contributed by atoms with Crippen molar-refractivity contribution < 1.29 is 10.2 Å². The maximum absolute atomic E-state index is 10.1. The number of hydrogen-bond donors (Lipinski definition) is 3. The monoisotopic (exact) mass is 271 g/mol. The quantitative estimate of drug-likeness (QED) is 0.645. The van der Waals surface area contributed by atoms with E-state index in [-0.39, 0.29) is 17.4 Å². The molecule has 0 saturated carbocycles. The van der Waals surface area contributed by atoms with Crippen LogP contribution in [0.15, 0.2) is 40.1 Å². The maximum Gasteiger partial charge on any atom is 0.171 e. The molecule has 2 heterocycles. The molecule has 0 radical (unpaired) electrons. The van der Waals surface area contributed by atoms with Gasteiger partial charge in [0, 0.05) is 23.9 Å². The zero-order chi connectivity index (χ0) is 13.0. The second kappa shape index (κ2) is 3.92. The van der Waals surface area contributed by atoms with E-state index in [4.69, 9.17) is 0 Å². The number of benzene rings is 2. The normalized spacial score (nSPS) is 19.7. The summed E-state index contributed by atoms with van der Waals surface area (Å²) in [4.78, 5) is 1.98. The van der Waals surface area contributed by atoms with Gasteiger partial charge in [-0.05, 0) is 28.8 Å². The second-order valence-electron chi connectivity index (χ2n) is 4.97. The maximum atomic E-state index is 10.1. The fourth-order valence-electron chi connectivity index (χ4n) is 3.01. The molecule has 96 valence electrons. The first-order chi connectivity index (χ1) is 9.25. The number of fused-ring (bicyclic) bond motifs is 2. The van der Waals surface area contributed by atoms with Gasteiger partial charge in [-0.1, -0.05) is 30.0 Å².